The van der Waals surface area contributed by atoms with Crippen molar-refractivity contribution in [3.05, 3.63) is 177 Å². The van der Waals surface area contributed by atoms with Crippen LogP contribution < -0.4 is 26.4 Å². The van der Waals surface area contributed by atoms with Crippen molar-refractivity contribution in [2.45, 2.75) is 8.69 Å². The monoisotopic (exact) mass is 1130 g/mol. The fraction of sp³-hybridized carbons (Fsp3) is 0.0541. The third-order valence-electron chi connectivity index (χ3n) is 9.25. The number of carbonyl (C=O) groups excluding carboxylic acids is 1. The molecule has 0 aliphatic heterocycles. The lowest BCUT2D eigenvalue weighted by molar-refractivity contribution is -0.690. The number of alkyl halides is 3. The fourth-order valence-corrected chi connectivity index (χ4v) is 7.50. The van der Waals surface area contributed by atoms with E-state index in [-0.39, 0.29) is 12.3 Å². The molecule has 0 unspecified atom stereocenters. The van der Waals surface area contributed by atoms with Gasteiger partial charge in [-0.25, -0.2) is 87.8 Å². The first kappa shape index (κ1) is 50.0. The van der Waals surface area contributed by atoms with Gasteiger partial charge in [-0.1, -0.05) is 30.3 Å². The van der Waals surface area contributed by atoms with Gasteiger partial charge >= 0.3 is 0 Å². The van der Waals surface area contributed by atoms with Gasteiger partial charge in [-0.15, -0.1) is 21.9 Å². The molecule has 64 heavy (non-hydrogen) atoms. The average Bonchev–Trinajstić information content (AvgIpc) is 3.26. The Hall–Kier alpha value is -5.05. The number of aromatic nitrogens is 2. The van der Waals surface area contributed by atoms with E-state index in [4.69, 9.17) is 0 Å². The highest BCUT2D eigenvalue weighted by Crippen LogP contribution is 2.42. The van der Waals surface area contributed by atoms with Gasteiger partial charge in [0.2, 0.25) is 20.2 Å². The Morgan fingerprint density at radius 3 is 0.984 bits per heavy atom. The summed E-state index contributed by atoms with van der Waals surface area (Å²) in [5, 5.41) is 0. The zero-order chi connectivity index (χ0) is 48.2. The molecule has 0 radical (unpaired) electrons. The van der Waals surface area contributed by atoms with Crippen LogP contribution in [0, 0.1) is 116 Å². The molecular weight excluding hydrogens is 1120 g/mol. The van der Waals surface area contributed by atoms with E-state index in [1.807, 2.05) is 34.9 Å². The Bertz CT molecular complexity index is 2500. The summed E-state index contributed by atoms with van der Waals surface area (Å²) in [6, 6.07) is 9.23. The van der Waals surface area contributed by atoms with Gasteiger partial charge in [-0.05, 0) is 47.8 Å². The Morgan fingerprint density at radius 1 is 0.453 bits per heavy atom. The van der Waals surface area contributed by atoms with Crippen LogP contribution >= 0.6 is 47.8 Å². The number of hydrogen-bond donors (Lipinski definition) is 0. The van der Waals surface area contributed by atoms with Crippen LogP contribution in [0.15, 0.2) is 48.9 Å². The molecule has 0 aliphatic carbocycles. The zero-order valence-corrected chi connectivity index (χ0v) is 34.7. The third kappa shape index (κ3) is 8.15. The molecule has 1 heterocycles. The van der Waals surface area contributed by atoms with Crippen LogP contribution in [-0.4, -0.2) is 16.9 Å². The molecule has 0 saturated carbocycles. The van der Waals surface area contributed by atoms with E-state index in [0.717, 1.165) is 5.69 Å². The summed E-state index contributed by atoms with van der Waals surface area (Å²) >= 11 is 10.3. The number of rotatable bonds is 7. The smallest absolute Gasteiger partial charge is 0.238 e. The summed E-state index contributed by atoms with van der Waals surface area (Å²) in [7, 11) is 0. The van der Waals surface area contributed by atoms with E-state index >= 15 is 35.1 Å². The fourth-order valence-electron chi connectivity index (χ4n) is 6.51. The first-order valence-electron chi connectivity index (χ1n) is 16.4. The van der Waals surface area contributed by atoms with Crippen LogP contribution in [0.25, 0.3) is 0 Å². The minimum absolute atomic E-state index is 0.0507. The Morgan fingerprint density at radius 2 is 0.719 bits per heavy atom. The summed E-state index contributed by atoms with van der Waals surface area (Å²) < 4.78 is 295. The number of nitrogens with zero attached hydrogens (tertiary/aromatic N) is 2. The lowest BCUT2D eigenvalue weighted by Gasteiger charge is -2.44. The molecule has 0 spiro atoms. The number of carbonyl (C=O) groups is 1. The summed E-state index contributed by atoms with van der Waals surface area (Å²) in [5.74, 6) is -71.4. The predicted octanol–water partition coefficient (Wildman–Crippen LogP) is 9.39. The highest BCUT2D eigenvalue weighted by molar-refractivity contribution is 9.38. The Balaban J connectivity index is 0.000000337. The lowest BCUT2D eigenvalue weighted by atomic mass is 9.12. The molecule has 0 amide bonds. The second-order valence-corrected chi connectivity index (χ2v) is 19.4. The number of halogens is 23. The van der Waals surface area contributed by atoms with Gasteiger partial charge in [0, 0.05) is 5.56 Å². The van der Waals surface area contributed by atoms with Gasteiger partial charge in [0.15, 0.2) is 76.0 Å². The number of ketones is 1. The highest BCUT2D eigenvalue weighted by atomic mass is 80.0. The first-order valence-corrected chi connectivity index (χ1v) is 18.8. The lowest BCUT2D eigenvalue weighted by Crippen LogP contribution is -2.81. The molecule has 5 aromatic carbocycles. The molecule has 0 aliphatic rings. The topological polar surface area (TPSA) is 33.8 Å². The maximum Gasteiger partial charge on any atom is 0.238 e. The second-order valence-electron chi connectivity index (χ2n) is 12.7. The van der Waals surface area contributed by atoms with Crippen LogP contribution in [0.4, 0.5) is 87.8 Å². The molecule has 0 atom stereocenters. The second kappa shape index (κ2) is 18.4. The van der Waals surface area contributed by atoms with Crippen LogP contribution in [0.1, 0.15) is 16.1 Å². The van der Waals surface area contributed by atoms with E-state index in [0.29, 0.717) is 5.56 Å². The molecule has 6 aromatic rings. The predicted molar refractivity (Wildman–Crippen MR) is 193 cm³/mol. The molecule has 0 fully saturated rings. The molecule has 0 bridgehead atoms. The quantitative estimate of drug-likeness (QED) is 0.0304. The maximum absolute atomic E-state index is 15.4. The van der Waals surface area contributed by atoms with Crippen molar-refractivity contribution < 1.29 is 97.2 Å². The van der Waals surface area contributed by atoms with Crippen molar-refractivity contribution in [3.63, 3.8) is 0 Å². The van der Waals surface area contributed by atoms with Crippen molar-refractivity contribution in [2.75, 3.05) is 0 Å². The minimum Gasteiger partial charge on any atom is -0.287 e. The molecule has 1 aromatic heterocycles. The number of benzene rings is 5. The molecule has 3 nitrogen and oxygen atoms in total. The van der Waals surface area contributed by atoms with Gasteiger partial charge in [0.25, 0.3) is 0 Å². The number of hydrogen-bond acceptors (Lipinski definition) is 2. The van der Waals surface area contributed by atoms with E-state index < -0.39 is 146 Å². The maximum atomic E-state index is 15.4. The summed E-state index contributed by atoms with van der Waals surface area (Å²) in [6.07, 6.45) is -2.10. The SMILES string of the molecule is Fc1c(F)c(F)c([B-](c2c(F)c(F)c(F)c(F)c2F)(c2c(F)c(F)c(F)c(F)c2F)c2c(F)c(F)c(F)c(F)c2F)c(F)c1F.O=C(C[n+]1ccncc1C(Br)(Br)Br)c1ccccc1. The minimum atomic E-state index is -7.22. The van der Waals surface area contributed by atoms with Crippen LogP contribution in [0.3, 0.4) is 0 Å². The van der Waals surface area contributed by atoms with Gasteiger partial charge in [-0.2, -0.15) is 4.57 Å². The van der Waals surface area contributed by atoms with E-state index in [2.05, 4.69) is 52.8 Å². The van der Waals surface area contributed by atoms with Crippen molar-refractivity contribution >= 4 is 81.6 Å². The number of Topliss-reactive ketones (excluding diaryl/α,β-unsaturated/α-hetero) is 1. The highest BCUT2D eigenvalue weighted by Gasteiger charge is 2.52. The van der Waals surface area contributed by atoms with Crippen molar-refractivity contribution in [3.8, 4) is 0 Å². The van der Waals surface area contributed by atoms with E-state index in [9.17, 15) is 57.5 Å². The van der Waals surface area contributed by atoms with Gasteiger partial charge in [0.05, 0.1) is 12.4 Å². The Kier molecular flexibility index (Phi) is 14.4. The van der Waals surface area contributed by atoms with Gasteiger partial charge < -0.3 is 0 Å². The average molecular weight is 1130 g/mol. The van der Waals surface area contributed by atoms with E-state index in [1.54, 1.807) is 18.6 Å². The summed E-state index contributed by atoms with van der Waals surface area (Å²) in [4.78, 5) is 16.3. The normalized spacial score (nSPS) is 11.8. The standard InChI is InChI=1S/C24BF20.C13H10Br3N2O/c26-5-1(6(27)14(35)21(42)13(5)34)25(2-7(28)15(36)22(43)16(37)8(2)29,3-9(30)17(38)23(44)18(39)10(3)31)4-11(32)19(40)24(45)20(41)12(4)33;14-13(15,16)12-8-17-6-7-18(12)9-11(19)10-4-2-1-3-5-10/h;1-8H,9H2/q-1;+1. The van der Waals surface area contributed by atoms with Crippen LogP contribution in [0.2, 0.25) is 0 Å². The van der Waals surface area contributed by atoms with Gasteiger partial charge in [0.1, 0.15) is 52.7 Å². The first-order chi connectivity index (χ1) is 29.7. The Labute approximate surface area is 367 Å². The molecule has 0 saturated heterocycles. The van der Waals surface area contributed by atoms with Crippen LogP contribution in [-0.2, 0) is 8.69 Å². The summed E-state index contributed by atoms with van der Waals surface area (Å²) in [5.41, 5.74) is -12.8. The summed E-state index contributed by atoms with van der Waals surface area (Å²) in [6.45, 7) is 0.256. The largest absolute Gasteiger partial charge is 0.287 e. The molecular formula is C37H10BBr3F20N2O. The van der Waals surface area contributed by atoms with Crippen LogP contribution in [0.5, 0.6) is 0 Å². The molecule has 0 N–H and O–H groups in total. The van der Waals surface area contributed by atoms with Crippen molar-refractivity contribution in [1.82, 2.24) is 4.98 Å². The van der Waals surface area contributed by atoms with Crippen molar-refractivity contribution in [1.29, 1.82) is 0 Å². The molecule has 338 valence electrons. The van der Waals surface area contributed by atoms with E-state index in [1.165, 1.54) is 0 Å². The molecule has 27 heteroatoms. The van der Waals surface area contributed by atoms with Crippen molar-refractivity contribution in [2.24, 2.45) is 0 Å². The zero-order valence-electron chi connectivity index (χ0n) is 29.9. The molecule has 6 rings (SSSR count). The van der Waals surface area contributed by atoms with Gasteiger partial charge in [-0.3, -0.25) is 9.78 Å². The third-order valence-corrected chi connectivity index (χ3v) is 10.5.